The second-order valence-electron chi connectivity index (χ2n) is 5.26. The molecule has 0 saturated carbocycles. The molecule has 108 valence electrons. The molecule has 3 rings (SSSR count). The lowest BCUT2D eigenvalue weighted by atomic mass is 10.1. The van der Waals surface area contributed by atoms with Gasteiger partial charge >= 0.3 is 0 Å². The van der Waals surface area contributed by atoms with Crippen molar-refractivity contribution >= 4 is 6.29 Å². The first-order valence-electron chi connectivity index (χ1n) is 7.17. The Hall–Kier alpha value is -2.29. The zero-order valence-electron chi connectivity index (χ0n) is 12.1. The molecule has 0 aromatic heterocycles. The van der Waals surface area contributed by atoms with Crippen LogP contribution in [0.3, 0.4) is 0 Å². The van der Waals surface area contributed by atoms with E-state index in [1.165, 1.54) is 24.0 Å². The minimum atomic E-state index is 0.393. The van der Waals surface area contributed by atoms with E-state index in [0.717, 1.165) is 29.8 Å². The van der Waals surface area contributed by atoms with E-state index >= 15 is 0 Å². The quantitative estimate of drug-likeness (QED) is 0.786. The summed E-state index contributed by atoms with van der Waals surface area (Å²) in [6.07, 6.45) is 4.37. The van der Waals surface area contributed by atoms with E-state index in [4.69, 9.17) is 9.47 Å². The Morgan fingerprint density at radius 1 is 1.10 bits per heavy atom. The van der Waals surface area contributed by atoms with Crippen LogP contribution in [-0.2, 0) is 19.4 Å². The number of benzene rings is 2. The first-order valence-corrected chi connectivity index (χ1v) is 7.17. The minimum Gasteiger partial charge on any atom is -0.496 e. The molecule has 1 aliphatic rings. The second kappa shape index (κ2) is 6.00. The normalized spacial score (nSPS) is 12.8. The Balaban J connectivity index is 1.76. The number of rotatable bonds is 5. The SMILES string of the molecule is COc1ccc(C=O)cc1COc1ccc2c(c1)CCC2. The average Bonchev–Trinajstić information content (AvgIpc) is 3.00. The second-order valence-corrected chi connectivity index (χ2v) is 5.26. The van der Waals surface area contributed by atoms with E-state index in [0.29, 0.717) is 12.2 Å². The lowest BCUT2D eigenvalue weighted by molar-refractivity contribution is 0.112. The summed E-state index contributed by atoms with van der Waals surface area (Å²) in [7, 11) is 1.62. The molecule has 0 unspecified atom stereocenters. The monoisotopic (exact) mass is 282 g/mol. The molecule has 0 N–H and O–H groups in total. The summed E-state index contributed by atoms with van der Waals surface area (Å²) in [5, 5.41) is 0. The van der Waals surface area contributed by atoms with Crippen molar-refractivity contribution in [1.82, 2.24) is 0 Å². The van der Waals surface area contributed by atoms with Gasteiger partial charge in [0.15, 0.2) is 0 Å². The van der Waals surface area contributed by atoms with Crippen molar-refractivity contribution in [2.24, 2.45) is 0 Å². The average molecular weight is 282 g/mol. The number of methoxy groups -OCH3 is 1. The maximum Gasteiger partial charge on any atom is 0.150 e. The molecule has 0 saturated heterocycles. The summed E-state index contributed by atoms with van der Waals surface area (Å²) in [4.78, 5) is 10.9. The van der Waals surface area contributed by atoms with Gasteiger partial charge in [0.1, 0.15) is 24.4 Å². The molecule has 0 radical (unpaired) electrons. The van der Waals surface area contributed by atoms with Gasteiger partial charge < -0.3 is 9.47 Å². The maximum atomic E-state index is 10.9. The van der Waals surface area contributed by atoms with Crippen molar-refractivity contribution in [3.8, 4) is 11.5 Å². The molecular formula is C18H18O3. The Bertz CT molecular complexity index is 662. The smallest absolute Gasteiger partial charge is 0.150 e. The minimum absolute atomic E-state index is 0.393. The van der Waals surface area contributed by atoms with E-state index < -0.39 is 0 Å². The van der Waals surface area contributed by atoms with E-state index in [1.54, 1.807) is 25.3 Å². The van der Waals surface area contributed by atoms with Crippen molar-refractivity contribution < 1.29 is 14.3 Å². The van der Waals surface area contributed by atoms with Crippen molar-refractivity contribution in [3.63, 3.8) is 0 Å². The van der Waals surface area contributed by atoms with Gasteiger partial charge in [0.05, 0.1) is 7.11 Å². The molecule has 0 aliphatic heterocycles. The number of aryl methyl sites for hydroxylation is 2. The summed E-state index contributed by atoms with van der Waals surface area (Å²) in [6.45, 7) is 0.393. The van der Waals surface area contributed by atoms with Gasteiger partial charge in [-0.3, -0.25) is 4.79 Å². The molecule has 2 aromatic rings. The fraction of sp³-hybridized carbons (Fsp3) is 0.278. The molecule has 0 atom stereocenters. The molecule has 0 heterocycles. The van der Waals surface area contributed by atoms with Crippen LogP contribution in [-0.4, -0.2) is 13.4 Å². The summed E-state index contributed by atoms with van der Waals surface area (Å²) in [5.74, 6) is 1.61. The third kappa shape index (κ3) is 2.92. The molecule has 0 bridgehead atoms. The summed E-state index contributed by atoms with van der Waals surface area (Å²) in [5.41, 5.74) is 4.33. The van der Waals surface area contributed by atoms with Crippen LogP contribution in [0, 0.1) is 0 Å². The third-order valence-corrected chi connectivity index (χ3v) is 3.90. The predicted molar refractivity (Wildman–Crippen MR) is 81.2 cm³/mol. The number of carbonyl (C=O) groups excluding carboxylic acids is 1. The van der Waals surface area contributed by atoms with E-state index in [1.807, 2.05) is 6.07 Å². The molecule has 0 fully saturated rings. The first kappa shape index (κ1) is 13.7. The number of hydrogen-bond donors (Lipinski definition) is 0. The molecule has 0 spiro atoms. The number of ether oxygens (including phenoxy) is 2. The fourth-order valence-corrected chi connectivity index (χ4v) is 2.78. The van der Waals surface area contributed by atoms with Crippen LogP contribution in [0.1, 0.15) is 33.5 Å². The topological polar surface area (TPSA) is 35.5 Å². The lowest BCUT2D eigenvalue weighted by Crippen LogP contribution is -2.00. The molecule has 1 aliphatic carbocycles. The van der Waals surface area contributed by atoms with E-state index in [-0.39, 0.29) is 0 Å². The van der Waals surface area contributed by atoms with Crippen LogP contribution in [0.2, 0.25) is 0 Å². The van der Waals surface area contributed by atoms with Crippen LogP contribution in [0.15, 0.2) is 36.4 Å². The van der Waals surface area contributed by atoms with E-state index in [2.05, 4.69) is 12.1 Å². The summed E-state index contributed by atoms with van der Waals surface area (Å²) >= 11 is 0. The number of fused-ring (bicyclic) bond motifs is 1. The molecule has 3 heteroatoms. The summed E-state index contributed by atoms with van der Waals surface area (Å²) in [6, 6.07) is 11.6. The van der Waals surface area contributed by atoms with Crippen LogP contribution in [0.5, 0.6) is 11.5 Å². The lowest BCUT2D eigenvalue weighted by Gasteiger charge is -2.11. The van der Waals surface area contributed by atoms with Gasteiger partial charge in [-0.2, -0.15) is 0 Å². The molecule has 2 aromatic carbocycles. The Kier molecular flexibility index (Phi) is 3.91. The standard InChI is InChI=1S/C18H18O3/c1-20-18-8-5-13(11-19)9-16(18)12-21-17-7-6-14-3-2-4-15(14)10-17/h5-11H,2-4,12H2,1H3. The highest BCUT2D eigenvalue weighted by atomic mass is 16.5. The van der Waals surface area contributed by atoms with Gasteiger partial charge in [0.25, 0.3) is 0 Å². The van der Waals surface area contributed by atoms with E-state index in [9.17, 15) is 4.79 Å². The number of carbonyl (C=O) groups is 1. The van der Waals surface area contributed by atoms with Gasteiger partial charge in [0, 0.05) is 11.1 Å². The van der Waals surface area contributed by atoms with Crippen LogP contribution in [0.4, 0.5) is 0 Å². The van der Waals surface area contributed by atoms with Crippen LogP contribution in [0.25, 0.3) is 0 Å². The van der Waals surface area contributed by atoms with Crippen molar-refractivity contribution in [3.05, 3.63) is 58.7 Å². The van der Waals surface area contributed by atoms with Crippen molar-refractivity contribution in [1.29, 1.82) is 0 Å². The zero-order valence-corrected chi connectivity index (χ0v) is 12.1. The number of aldehydes is 1. The fourth-order valence-electron chi connectivity index (χ4n) is 2.78. The molecule has 0 amide bonds. The Labute approximate surface area is 124 Å². The zero-order chi connectivity index (χ0) is 14.7. The highest BCUT2D eigenvalue weighted by Crippen LogP contribution is 2.27. The summed E-state index contributed by atoms with van der Waals surface area (Å²) < 4.78 is 11.2. The predicted octanol–water partition coefficient (Wildman–Crippen LogP) is 3.58. The highest BCUT2D eigenvalue weighted by molar-refractivity contribution is 5.75. The van der Waals surface area contributed by atoms with Crippen LogP contribution < -0.4 is 9.47 Å². The van der Waals surface area contributed by atoms with Gasteiger partial charge in [-0.1, -0.05) is 6.07 Å². The molecule has 3 nitrogen and oxygen atoms in total. The Morgan fingerprint density at radius 3 is 2.76 bits per heavy atom. The largest absolute Gasteiger partial charge is 0.496 e. The van der Waals surface area contributed by atoms with Gasteiger partial charge in [-0.25, -0.2) is 0 Å². The van der Waals surface area contributed by atoms with Gasteiger partial charge in [0.2, 0.25) is 0 Å². The van der Waals surface area contributed by atoms with Crippen molar-refractivity contribution in [2.75, 3.05) is 7.11 Å². The molecular weight excluding hydrogens is 264 g/mol. The van der Waals surface area contributed by atoms with Crippen molar-refractivity contribution in [2.45, 2.75) is 25.9 Å². The number of hydrogen-bond acceptors (Lipinski definition) is 3. The van der Waals surface area contributed by atoms with Gasteiger partial charge in [-0.05, 0) is 60.7 Å². The Morgan fingerprint density at radius 2 is 1.95 bits per heavy atom. The first-order chi connectivity index (χ1) is 10.3. The third-order valence-electron chi connectivity index (χ3n) is 3.90. The molecule has 21 heavy (non-hydrogen) atoms. The van der Waals surface area contributed by atoms with Gasteiger partial charge in [-0.15, -0.1) is 0 Å². The van der Waals surface area contributed by atoms with Crippen LogP contribution >= 0.6 is 0 Å². The highest BCUT2D eigenvalue weighted by Gasteiger charge is 2.12. The maximum absolute atomic E-state index is 10.9.